The molecule has 0 fully saturated rings. The van der Waals surface area contributed by atoms with E-state index in [0.29, 0.717) is 11.8 Å². The van der Waals surface area contributed by atoms with Crippen molar-refractivity contribution in [2.24, 2.45) is 5.73 Å². The van der Waals surface area contributed by atoms with Crippen molar-refractivity contribution in [3.8, 4) is 5.75 Å². The van der Waals surface area contributed by atoms with Gasteiger partial charge in [-0.3, -0.25) is 14.9 Å². The van der Waals surface area contributed by atoms with Gasteiger partial charge in [0, 0.05) is 5.56 Å². The number of nitrogens with two attached hydrogens (primary N) is 1. The molecule has 0 radical (unpaired) electrons. The van der Waals surface area contributed by atoms with Crippen LogP contribution in [0.25, 0.3) is 0 Å². The average molecular weight is 271 g/mol. The largest absolute Gasteiger partial charge is 0.479 e. The summed E-state index contributed by atoms with van der Waals surface area (Å²) < 4.78 is 5.24. The number of hydrogen-bond donors (Lipinski definition) is 2. The number of aldehydes is 1. The Kier molecular flexibility index (Phi) is 4.67. The van der Waals surface area contributed by atoms with Crippen LogP contribution in [0, 0.1) is 0 Å². The Morgan fingerprint density at radius 3 is 2.67 bits per heavy atom. The van der Waals surface area contributed by atoms with Gasteiger partial charge in [0.25, 0.3) is 5.91 Å². The fraction of sp³-hybridized carbons (Fsp3) is 0.182. The Morgan fingerprint density at radius 2 is 2.17 bits per heavy atom. The first-order valence-corrected chi connectivity index (χ1v) is 5.33. The van der Waals surface area contributed by atoms with Gasteiger partial charge < -0.3 is 10.5 Å². The van der Waals surface area contributed by atoms with E-state index < -0.39 is 18.0 Å². The monoisotopic (exact) mass is 270 g/mol. The van der Waals surface area contributed by atoms with E-state index in [2.05, 4.69) is 0 Å². The van der Waals surface area contributed by atoms with Crippen molar-refractivity contribution in [3.05, 3.63) is 28.8 Å². The number of imide groups is 1. The molecule has 0 heterocycles. The summed E-state index contributed by atoms with van der Waals surface area (Å²) in [6, 6.07) is 3.40. The number of carbonyl (C=O) groups is 3. The summed E-state index contributed by atoms with van der Waals surface area (Å²) in [5, 5.41) is 2.07. The van der Waals surface area contributed by atoms with Gasteiger partial charge in [0.2, 0.25) is 0 Å². The smallest absolute Gasteiger partial charge is 0.318 e. The van der Waals surface area contributed by atoms with Crippen molar-refractivity contribution >= 4 is 29.8 Å². The van der Waals surface area contributed by atoms with Gasteiger partial charge in [0.15, 0.2) is 6.10 Å². The number of hydrogen-bond acceptors (Lipinski definition) is 4. The molecule has 1 unspecified atom stereocenters. The second-order valence-electron chi connectivity index (χ2n) is 3.42. The second kappa shape index (κ2) is 6.02. The van der Waals surface area contributed by atoms with Crippen molar-refractivity contribution < 1.29 is 19.1 Å². The molecule has 3 amide bonds. The molecule has 1 rings (SSSR count). The third-order valence-electron chi connectivity index (χ3n) is 2.01. The van der Waals surface area contributed by atoms with Gasteiger partial charge in [0.1, 0.15) is 12.0 Å². The highest BCUT2D eigenvalue weighted by atomic mass is 35.5. The molecule has 0 saturated carbocycles. The van der Waals surface area contributed by atoms with Gasteiger partial charge in [-0.05, 0) is 25.1 Å². The minimum atomic E-state index is -0.960. The van der Waals surface area contributed by atoms with Crippen molar-refractivity contribution in [3.63, 3.8) is 0 Å². The summed E-state index contributed by atoms with van der Waals surface area (Å²) in [5.74, 6) is -0.451. The molecule has 1 aromatic carbocycles. The van der Waals surface area contributed by atoms with Crippen molar-refractivity contribution in [1.82, 2.24) is 5.32 Å². The molecule has 0 aliphatic carbocycles. The average Bonchev–Trinajstić information content (AvgIpc) is 2.30. The Morgan fingerprint density at radius 1 is 1.50 bits per heavy atom. The molecule has 1 atom stereocenters. The van der Waals surface area contributed by atoms with Gasteiger partial charge in [-0.2, -0.15) is 0 Å². The first-order valence-electron chi connectivity index (χ1n) is 4.95. The van der Waals surface area contributed by atoms with Crippen LogP contribution >= 0.6 is 11.6 Å². The summed E-state index contributed by atoms with van der Waals surface area (Å²) in [6.07, 6.45) is -0.309. The van der Waals surface area contributed by atoms with E-state index in [1.807, 2.05) is 5.32 Å². The molecule has 3 N–H and O–H groups in total. The maximum atomic E-state index is 11.4. The summed E-state index contributed by atoms with van der Waals surface area (Å²) >= 11 is 5.86. The third kappa shape index (κ3) is 3.74. The minimum Gasteiger partial charge on any atom is -0.479 e. The first kappa shape index (κ1) is 14.0. The van der Waals surface area contributed by atoms with Crippen LogP contribution in [0.5, 0.6) is 5.75 Å². The first-order chi connectivity index (χ1) is 8.43. The van der Waals surface area contributed by atoms with Crippen LogP contribution in [0.4, 0.5) is 4.79 Å². The predicted molar refractivity (Wildman–Crippen MR) is 64.7 cm³/mol. The van der Waals surface area contributed by atoms with Crippen LogP contribution in [0.15, 0.2) is 18.2 Å². The van der Waals surface area contributed by atoms with Crippen molar-refractivity contribution in [2.45, 2.75) is 13.0 Å². The highest BCUT2D eigenvalue weighted by molar-refractivity contribution is 6.32. The van der Waals surface area contributed by atoms with Gasteiger partial charge in [0.05, 0.1) is 5.02 Å². The van der Waals surface area contributed by atoms with E-state index in [1.165, 1.54) is 25.1 Å². The number of carbonyl (C=O) groups excluding carboxylic acids is 3. The molecule has 0 bridgehead atoms. The van der Waals surface area contributed by atoms with Gasteiger partial charge in [-0.1, -0.05) is 11.6 Å². The number of amides is 3. The lowest BCUT2D eigenvalue weighted by molar-refractivity contribution is -0.126. The van der Waals surface area contributed by atoms with E-state index in [9.17, 15) is 14.4 Å². The zero-order chi connectivity index (χ0) is 13.7. The molecule has 0 aliphatic rings. The summed E-state index contributed by atoms with van der Waals surface area (Å²) in [5.41, 5.74) is 5.19. The lowest BCUT2D eigenvalue weighted by Crippen LogP contribution is -2.42. The maximum absolute atomic E-state index is 11.4. The SMILES string of the molecule is CC(Oc1ccc(C=O)cc1Cl)C(=O)NC(N)=O. The van der Waals surface area contributed by atoms with Crippen LogP contribution in [-0.2, 0) is 4.79 Å². The molecule has 7 heteroatoms. The number of nitrogens with one attached hydrogen (secondary N) is 1. The Labute approximate surface area is 108 Å². The van der Waals surface area contributed by atoms with Crippen molar-refractivity contribution in [2.75, 3.05) is 0 Å². The highest BCUT2D eigenvalue weighted by Crippen LogP contribution is 2.25. The van der Waals surface area contributed by atoms with E-state index >= 15 is 0 Å². The molecule has 0 spiro atoms. The lowest BCUT2D eigenvalue weighted by Gasteiger charge is -2.14. The Bertz CT molecular complexity index is 490. The van der Waals surface area contributed by atoms with Gasteiger partial charge >= 0.3 is 6.03 Å². The quantitative estimate of drug-likeness (QED) is 0.801. The topological polar surface area (TPSA) is 98.5 Å². The zero-order valence-corrected chi connectivity index (χ0v) is 10.2. The number of halogens is 1. The van der Waals surface area contributed by atoms with Crippen molar-refractivity contribution in [1.29, 1.82) is 0 Å². The number of urea groups is 1. The van der Waals surface area contributed by atoms with Crippen LogP contribution in [0.3, 0.4) is 0 Å². The summed E-state index contributed by atoms with van der Waals surface area (Å²) in [7, 11) is 0. The van der Waals surface area contributed by atoms with Gasteiger partial charge in [-0.25, -0.2) is 4.79 Å². The molecule has 6 nitrogen and oxygen atoms in total. The van der Waals surface area contributed by atoms with Crippen LogP contribution in [0.2, 0.25) is 5.02 Å². The van der Waals surface area contributed by atoms with Gasteiger partial charge in [-0.15, -0.1) is 0 Å². The molecule has 96 valence electrons. The molecule has 0 aromatic heterocycles. The number of primary amides is 1. The molecule has 18 heavy (non-hydrogen) atoms. The molecule has 0 saturated heterocycles. The fourth-order valence-electron chi connectivity index (χ4n) is 1.15. The zero-order valence-electron chi connectivity index (χ0n) is 9.48. The van der Waals surface area contributed by atoms with Crippen LogP contribution in [0.1, 0.15) is 17.3 Å². The highest BCUT2D eigenvalue weighted by Gasteiger charge is 2.17. The Hall–Kier alpha value is -2.08. The minimum absolute atomic E-state index is 0.193. The van der Waals surface area contributed by atoms with Crippen LogP contribution in [-0.4, -0.2) is 24.3 Å². The Balaban J connectivity index is 2.75. The summed E-state index contributed by atoms with van der Waals surface area (Å²) in [4.78, 5) is 32.3. The summed E-state index contributed by atoms with van der Waals surface area (Å²) in [6.45, 7) is 1.43. The number of benzene rings is 1. The third-order valence-corrected chi connectivity index (χ3v) is 2.31. The van der Waals surface area contributed by atoms with E-state index in [-0.39, 0.29) is 10.8 Å². The fourth-order valence-corrected chi connectivity index (χ4v) is 1.39. The molecule has 0 aliphatic heterocycles. The van der Waals surface area contributed by atoms with E-state index in [4.69, 9.17) is 22.1 Å². The van der Waals surface area contributed by atoms with Crippen LogP contribution < -0.4 is 15.8 Å². The number of rotatable bonds is 4. The predicted octanol–water partition coefficient (Wildman–Crippen LogP) is 1.11. The molecular formula is C11H11ClN2O4. The molecular weight excluding hydrogens is 260 g/mol. The molecule has 1 aromatic rings. The van der Waals surface area contributed by atoms with E-state index in [0.717, 1.165) is 0 Å². The lowest BCUT2D eigenvalue weighted by atomic mass is 10.2. The van der Waals surface area contributed by atoms with E-state index in [1.54, 1.807) is 0 Å². The second-order valence-corrected chi connectivity index (χ2v) is 3.83. The standard InChI is InChI=1S/C11H11ClN2O4/c1-6(10(16)14-11(13)17)18-9-3-2-7(5-15)4-8(9)12/h2-6H,1H3,(H3,13,14,16,17). The normalized spacial score (nSPS) is 11.4. The number of ether oxygens (including phenoxy) is 1. The maximum Gasteiger partial charge on any atom is 0.318 e.